The molecule has 4 bridgehead atoms. The van der Waals surface area contributed by atoms with E-state index in [-0.39, 0.29) is 35.8 Å². The number of rotatable bonds is 9. The van der Waals surface area contributed by atoms with E-state index in [1.165, 1.54) is 12.3 Å². The number of benzene rings is 1. The molecule has 3 unspecified atom stereocenters. The van der Waals surface area contributed by atoms with Crippen molar-refractivity contribution in [3.8, 4) is 11.8 Å². The van der Waals surface area contributed by atoms with E-state index in [4.69, 9.17) is 4.74 Å². The van der Waals surface area contributed by atoms with Gasteiger partial charge in [-0.15, -0.1) is 0 Å². The van der Waals surface area contributed by atoms with Gasteiger partial charge in [-0.2, -0.15) is 19.0 Å². The number of amides is 1. The lowest BCUT2D eigenvalue weighted by Gasteiger charge is -2.60. The van der Waals surface area contributed by atoms with E-state index in [0.29, 0.717) is 41.2 Å². The average molecular weight is 555 g/mol. The van der Waals surface area contributed by atoms with Crippen molar-refractivity contribution in [3.63, 3.8) is 0 Å². The lowest BCUT2D eigenvalue weighted by Crippen LogP contribution is -2.60. The number of ether oxygens (including phenoxy) is 2. The van der Waals surface area contributed by atoms with Gasteiger partial charge in [0.2, 0.25) is 5.95 Å². The Labute approximate surface area is 233 Å². The minimum absolute atomic E-state index is 0.0689. The van der Waals surface area contributed by atoms with Crippen LogP contribution in [0.2, 0.25) is 0 Å². The molecule has 214 valence electrons. The van der Waals surface area contributed by atoms with Crippen LogP contribution in [0.5, 0.6) is 5.75 Å². The van der Waals surface area contributed by atoms with Crippen LogP contribution in [0, 0.1) is 34.5 Å². The standard InChI is InChI=1S/C29H36F2N6O3/c1-28(2,3)40-27(38)36-23-19-8-17-9-20(23)12-29(10-17,11-19)16-35-24-21(13-32)15-34-26(37-24)33-14-18-6-4-5-7-22(18)39-25(30)31/h4-7,15,17,19-20,23,25H,8-12,14,16H2,1-3H3,(H,36,38)(H2,33,34,35,37)/t17?,19-,20+,23?,29?. The highest BCUT2D eigenvalue weighted by Gasteiger charge is 2.55. The SMILES string of the molecule is CC(C)(C)OC(=O)NC1[C@@H]2CC3C[C@H]1CC(CNc1nc(NCc4ccccc4OC(F)F)ncc1C#N)(C3)C2. The largest absolute Gasteiger partial charge is 0.444 e. The second-order valence-electron chi connectivity index (χ2n) is 12.4. The lowest BCUT2D eigenvalue weighted by molar-refractivity contribution is -0.0703. The van der Waals surface area contributed by atoms with Crippen molar-refractivity contribution in [2.45, 2.75) is 77.7 Å². The highest BCUT2D eigenvalue weighted by molar-refractivity contribution is 5.68. The highest BCUT2D eigenvalue weighted by Crippen LogP contribution is 2.60. The number of nitrogens with one attached hydrogen (secondary N) is 3. The van der Waals surface area contributed by atoms with Gasteiger partial charge in [0, 0.05) is 24.7 Å². The van der Waals surface area contributed by atoms with Crippen LogP contribution in [-0.4, -0.2) is 40.9 Å². The monoisotopic (exact) mass is 554 g/mol. The Kier molecular flexibility index (Phi) is 7.71. The molecule has 5 atom stereocenters. The van der Waals surface area contributed by atoms with E-state index in [9.17, 15) is 18.8 Å². The first-order valence-electron chi connectivity index (χ1n) is 13.8. The van der Waals surface area contributed by atoms with Gasteiger partial charge < -0.3 is 25.4 Å². The van der Waals surface area contributed by atoms with Crippen molar-refractivity contribution < 1.29 is 23.0 Å². The number of hydrogen-bond donors (Lipinski definition) is 3. The van der Waals surface area contributed by atoms with Gasteiger partial charge in [-0.1, -0.05) is 18.2 Å². The molecule has 4 saturated carbocycles. The van der Waals surface area contributed by atoms with Crippen molar-refractivity contribution in [2.75, 3.05) is 17.2 Å². The Morgan fingerprint density at radius 2 is 1.90 bits per heavy atom. The maximum absolute atomic E-state index is 12.8. The quantitative estimate of drug-likeness (QED) is 0.361. The summed E-state index contributed by atoms with van der Waals surface area (Å²) in [5.74, 6) is 2.22. The summed E-state index contributed by atoms with van der Waals surface area (Å²) in [5, 5.41) is 19.3. The number of aromatic nitrogens is 2. The summed E-state index contributed by atoms with van der Waals surface area (Å²) in [6.45, 7) is 3.54. The molecule has 40 heavy (non-hydrogen) atoms. The zero-order valence-electron chi connectivity index (χ0n) is 23.0. The second kappa shape index (κ2) is 11.1. The van der Waals surface area contributed by atoms with Crippen LogP contribution >= 0.6 is 0 Å². The van der Waals surface area contributed by atoms with Gasteiger partial charge in [0.1, 0.15) is 28.8 Å². The lowest BCUT2D eigenvalue weighted by atomic mass is 9.48. The maximum Gasteiger partial charge on any atom is 0.407 e. The molecule has 1 heterocycles. The number of halogens is 2. The number of nitriles is 1. The molecule has 0 radical (unpaired) electrons. The van der Waals surface area contributed by atoms with E-state index in [0.717, 1.165) is 32.1 Å². The Hall–Kier alpha value is -3.68. The topological polar surface area (TPSA) is 121 Å². The first kappa shape index (κ1) is 27.9. The molecule has 2 aromatic rings. The molecule has 0 spiro atoms. The number of alkyl halides is 2. The Morgan fingerprint density at radius 3 is 2.58 bits per heavy atom. The first-order valence-corrected chi connectivity index (χ1v) is 13.8. The van der Waals surface area contributed by atoms with Gasteiger partial charge in [-0.05, 0) is 82.1 Å². The summed E-state index contributed by atoms with van der Waals surface area (Å²) in [4.78, 5) is 21.3. The molecule has 1 amide bonds. The van der Waals surface area contributed by atoms with Gasteiger partial charge in [0.15, 0.2) is 0 Å². The van der Waals surface area contributed by atoms with Crippen LogP contribution in [0.25, 0.3) is 0 Å². The molecule has 0 saturated heterocycles. The van der Waals surface area contributed by atoms with Crippen molar-refractivity contribution in [3.05, 3.63) is 41.6 Å². The summed E-state index contributed by atoms with van der Waals surface area (Å²) in [6, 6.07) is 8.81. The number of hydrogen-bond acceptors (Lipinski definition) is 8. The molecular weight excluding hydrogens is 518 g/mol. The number of carbonyl (C=O) groups is 1. The van der Waals surface area contributed by atoms with Crippen LogP contribution < -0.4 is 20.7 Å². The summed E-state index contributed by atoms with van der Waals surface area (Å²) < 4.78 is 35.6. The zero-order valence-corrected chi connectivity index (χ0v) is 23.0. The van der Waals surface area contributed by atoms with Gasteiger partial charge in [-0.3, -0.25) is 0 Å². The molecule has 9 nitrogen and oxygen atoms in total. The summed E-state index contributed by atoms with van der Waals surface area (Å²) in [7, 11) is 0. The minimum Gasteiger partial charge on any atom is -0.444 e. The molecule has 4 fully saturated rings. The third-order valence-electron chi connectivity index (χ3n) is 8.25. The van der Waals surface area contributed by atoms with E-state index < -0.39 is 12.2 Å². The zero-order chi connectivity index (χ0) is 28.5. The van der Waals surface area contributed by atoms with Crippen molar-refractivity contribution >= 4 is 17.9 Å². The van der Waals surface area contributed by atoms with Gasteiger partial charge >= 0.3 is 12.7 Å². The van der Waals surface area contributed by atoms with E-state index in [1.54, 1.807) is 18.2 Å². The average Bonchev–Trinajstić information content (AvgIpc) is 2.87. The van der Waals surface area contributed by atoms with Gasteiger partial charge in [0.05, 0.1) is 6.20 Å². The predicted molar refractivity (Wildman–Crippen MR) is 145 cm³/mol. The van der Waals surface area contributed by atoms with Gasteiger partial charge in [0.25, 0.3) is 0 Å². The van der Waals surface area contributed by atoms with E-state index in [1.807, 2.05) is 20.8 Å². The Balaban J connectivity index is 1.24. The first-order chi connectivity index (χ1) is 19.0. The Bertz CT molecular complexity index is 1260. The fourth-order valence-corrected chi connectivity index (χ4v) is 7.08. The minimum atomic E-state index is -2.92. The summed E-state index contributed by atoms with van der Waals surface area (Å²) >= 11 is 0. The predicted octanol–water partition coefficient (Wildman–Crippen LogP) is 5.69. The van der Waals surface area contributed by atoms with Crippen molar-refractivity contribution in [1.29, 1.82) is 5.26 Å². The molecule has 3 N–H and O–H groups in total. The van der Waals surface area contributed by atoms with E-state index >= 15 is 0 Å². The Morgan fingerprint density at radius 1 is 1.18 bits per heavy atom. The van der Waals surface area contributed by atoms with Gasteiger partial charge in [-0.25, -0.2) is 9.78 Å². The normalized spacial score (nSPS) is 26.7. The van der Waals surface area contributed by atoms with E-state index in [2.05, 4.69) is 36.7 Å². The maximum atomic E-state index is 12.8. The fraction of sp³-hybridized carbons (Fsp3) is 0.586. The van der Waals surface area contributed by atoms with Crippen LogP contribution in [-0.2, 0) is 11.3 Å². The summed E-state index contributed by atoms with van der Waals surface area (Å²) in [5.41, 5.74) is 0.405. The highest BCUT2D eigenvalue weighted by atomic mass is 19.3. The molecule has 1 aromatic carbocycles. The summed E-state index contributed by atoms with van der Waals surface area (Å²) in [6.07, 6.45) is 6.44. The van der Waals surface area contributed by atoms with Crippen molar-refractivity contribution in [2.24, 2.45) is 23.2 Å². The molecular formula is C29H36F2N6O3. The number of carbonyl (C=O) groups excluding carboxylic acids is 1. The number of para-hydroxylation sites is 1. The third-order valence-corrected chi connectivity index (χ3v) is 8.25. The van der Waals surface area contributed by atoms with Crippen LogP contribution in [0.3, 0.4) is 0 Å². The molecule has 4 aliphatic rings. The van der Waals surface area contributed by atoms with Crippen LogP contribution in [0.4, 0.5) is 25.3 Å². The molecule has 11 heteroatoms. The van der Waals surface area contributed by atoms with Crippen LogP contribution in [0.1, 0.15) is 64.0 Å². The van der Waals surface area contributed by atoms with Crippen molar-refractivity contribution in [1.82, 2.24) is 15.3 Å². The third kappa shape index (κ3) is 6.37. The molecule has 0 aliphatic heterocycles. The number of nitrogens with zero attached hydrogens (tertiary/aromatic N) is 3. The second-order valence-corrected chi connectivity index (χ2v) is 12.4. The molecule has 6 rings (SSSR count). The number of anilines is 2. The molecule has 4 aliphatic carbocycles. The fourth-order valence-electron chi connectivity index (χ4n) is 7.08. The van der Waals surface area contributed by atoms with Crippen LogP contribution in [0.15, 0.2) is 30.5 Å². The smallest absolute Gasteiger partial charge is 0.407 e. The molecule has 1 aromatic heterocycles. The number of alkyl carbamates (subject to hydrolysis) is 1.